The molecule has 0 amide bonds. The summed E-state index contributed by atoms with van der Waals surface area (Å²) in [4.78, 5) is 0. The number of hydrogen-bond donors (Lipinski definition) is 0. The van der Waals surface area contributed by atoms with E-state index in [1.54, 1.807) is 0 Å². The molecule has 0 saturated heterocycles. The van der Waals surface area contributed by atoms with Crippen LogP contribution in [0.2, 0.25) is 0 Å². The molecule has 0 heterocycles. The summed E-state index contributed by atoms with van der Waals surface area (Å²) in [6, 6.07) is 0. The van der Waals surface area contributed by atoms with Crippen LogP contribution in [-0.2, 0) is 0 Å². The molecule has 0 N–H and O–H groups in total. The van der Waals surface area contributed by atoms with Crippen molar-refractivity contribution in [3.05, 3.63) is 6.42 Å². The van der Waals surface area contributed by atoms with Crippen LogP contribution in [0.1, 0.15) is 59.3 Å². The van der Waals surface area contributed by atoms with Crippen LogP contribution in [0.3, 0.4) is 0 Å². The molecule has 0 aliphatic heterocycles. The molecule has 0 aliphatic carbocycles. The van der Waals surface area contributed by atoms with E-state index in [0.29, 0.717) is 0 Å². The van der Waals surface area contributed by atoms with Crippen LogP contribution in [0.15, 0.2) is 0 Å². The van der Waals surface area contributed by atoms with E-state index in [1.807, 2.05) is 0 Å². The first kappa shape index (κ1) is 15.1. The van der Waals surface area contributed by atoms with Crippen molar-refractivity contribution in [1.29, 1.82) is 0 Å². The van der Waals surface area contributed by atoms with Gasteiger partial charge in [0.2, 0.25) is 0 Å². The van der Waals surface area contributed by atoms with Gasteiger partial charge in [-0.2, -0.15) is 0 Å². The van der Waals surface area contributed by atoms with Gasteiger partial charge in [-0.25, -0.2) is 0 Å². The Kier molecular flexibility index (Phi) is 14.6. The van der Waals surface area contributed by atoms with Gasteiger partial charge in [-0.15, -0.1) is 0 Å². The second-order valence-corrected chi connectivity index (χ2v) is 3.38. The van der Waals surface area contributed by atoms with E-state index in [-0.39, 0.29) is 18.9 Å². The molecule has 0 unspecified atom stereocenters. The fraction of sp³-hybridized carbons (Fsp3) is 0.909. The Morgan fingerprint density at radius 2 is 1.42 bits per heavy atom. The summed E-state index contributed by atoms with van der Waals surface area (Å²) in [6.07, 6.45) is 10.7. The monoisotopic (exact) mass is 163 g/mol. The molecule has 69 valence electrons. The minimum absolute atomic E-state index is 0. The number of rotatable bonds is 7. The summed E-state index contributed by atoms with van der Waals surface area (Å²) in [5.41, 5.74) is 0. The van der Waals surface area contributed by atoms with Crippen molar-refractivity contribution < 1.29 is 0 Å². The molecule has 1 heteroatoms. The zero-order valence-corrected chi connectivity index (χ0v) is 8.40. The molecular weight excluding hydrogens is 139 g/mol. The third-order valence-corrected chi connectivity index (χ3v) is 2.33. The van der Waals surface area contributed by atoms with Crippen LogP contribution in [0.4, 0.5) is 0 Å². The van der Waals surface area contributed by atoms with Gasteiger partial charge in [-0.3, -0.25) is 0 Å². The molecule has 0 rings (SSSR count). The van der Waals surface area contributed by atoms with E-state index in [2.05, 4.69) is 27.2 Å². The molecule has 0 atom stereocenters. The van der Waals surface area contributed by atoms with Gasteiger partial charge >= 0.3 is 18.9 Å². The van der Waals surface area contributed by atoms with E-state index >= 15 is 0 Å². The van der Waals surface area contributed by atoms with Gasteiger partial charge in [0, 0.05) is 0 Å². The van der Waals surface area contributed by atoms with Crippen molar-refractivity contribution in [2.24, 2.45) is 5.92 Å². The summed E-state index contributed by atoms with van der Waals surface area (Å²) in [6.45, 7) is 6.75. The number of unbranched alkanes of at least 4 members (excludes halogenated alkanes) is 2. The van der Waals surface area contributed by atoms with Crippen LogP contribution < -0.4 is 0 Å². The van der Waals surface area contributed by atoms with Gasteiger partial charge in [0.25, 0.3) is 0 Å². The van der Waals surface area contributed by atoms with E-state index in [0.717, 1.165) is 5.92 Å². The zero-order valence-electron chi connectivity index (χ0n) is 8.40. The predicted octanol–water partition coefficient (Wildman–Crippen LogP) is 3.56. The summed E-state index contributed by atoms with van der Waals surface area (Å²) in [5, 5.41) is 0. The quantitative estimate of drug-likeness (QED) is 0.503. The summed E-state index contributed by atoms with van der Waals surface area (Å²) >= 11 is 0. The standard InChI is InChI=1S/C11H23.Li.H/c1-4-7-9-11(6-3)10-8-5-2;;/h6,11H,4-5,7-10H2,1-3H3;;. The molecule has 1 radical (unpaired) electrons. The van der Waals surface area contributed by atoms with Gasteiger partial charge in [-0.05, 0) is 12.3 Å². The second kappa shape index (κ2) is 11.6. The van der Waals surface area contributed by atoms with Gasteiger partial charge in [0.1, 0.15) is 0 Å². The Morgan fingerprint density at radius 1 is 1.00 bits per heavy atom. The first-order chi connectivity index (χ1) is 5.35. The molecule has 0 spiro atoms. The first-order valence-electron chi connectivity index (χ1n) is 5.14. The molecule has 0 aromatic rings. The van der Waals surface area contributed by atoms with Crippen LogP contribution >= 0.6 is 0 Å². The fourth-order valence-corrected chi connectivity index (χ4v) is 1.41. The Bertz CT molecular complexity index is 63.4. The third kappa shape index (κ3) is 8.69. The molecule has 0 saturated carbocycles. The van der Waals surface area contributed by atoms with E-state index in [1.165, 1.54) is 38.5 Å². The minimum atomic E-state index is 0. The van der Waals surface area contributed by atoms with Crippen LogP contribution in [0.25, 0.3) is 0 Å². The van der Waals surface area contributed by atoms with Crippen molar-refractivity contribution in [2.45, 2.75) is 59.3 Å². The van der Waals surface area contributed by atoms with Crippen molar-refractivity contribution in [3.63, 3.8) is 0 Å². The molecule has 0 aliphatic rings. The van der Waals surface area contributed by atoms with Crippen LogP contribution in [0.5, 0.6) is 0 Å². The molecule has 0 fully saturated rings. The fourth-order valence-electron chi connectivity index (χ4n) is 1.41. The molecule has 0 aromatic carbocycles. The SMILES string of the molecule is C[CH]C(CCCC)CCCC.[LiH]. The summed E-state index contributed by atoms with van der Waals surface area (Å²) in [7, 11) is 0. The molecular formula is C11H24Li. The predicted molar refractivity (Wildman–Crippen MR) is 59.7 cm³/mol. The first-order valence-corrected chi connectivity index (χ1v) is 5.14. The Hall–Kier alpha value is 0.597. The zero-order chi connectivity index (χ0) is 8.53. The Morgan fingerprint density at radius 3 is 1.67 bits per heavy atom. The van der Waals surface area contributed by atoms with Crippen molar-refractivity contribution in [2.75, 3.05) is 0 Å². The maximum absolute atomic E-state index is 2.38. The van der Waals surface area contributed by atoms with Gasteiger partial charge in [-0.1, -0.05) is 59.3 Å². The van der Waals surface area contributed by atoms with E-state index in [4.69, 9.17) is 0 Å². The maximum atomic E-state index is 2.38. The van der Waals surface area contributed by atoms with Crippen LogP contribution in [0, 0.1) is 12.3 Å². The Labute approximate surface area is 90.7 Å². The van der Waals surface area contributed by atoms with Crippen LogP contribution in [-0.4, -0.2) is 18.9 Å². The van der Waals surface area contributed by atoms with E-state index in [9.17, 15) is 0 Å². The topological polar surface area (TPSA) is 0 Å². The van der Waals surface area contributed by atoms with Crippen molar-refractivity contribution in [1.82, 2.24) is 0 Å². The van der Waals surface area contributed by atoms with Crippen molar-refractivity contribution >= 4 is 18.9 Å². The average molecular weight is 163 g/mol. The van der Waals surface area contributed by atoms with E-state index < -0.39 is 0 Å². The summed E-state index contributed by atoms with van der Waals surface area (Å²) in [5.74, 6) is 0.898. The molecule has 0 bridgehead atoms. The molecule has 0 aromatic heterocycles. The Balaban J connectivity index is 0. The van der Waals surface area contributed by atoms with Gasteiger partial charge in [0.15, 0.2) is 0 Å². The van der Waals surface area contributed by atoms with Gasteiger partial charge in [0.05, 0.1) is 0 Å². The third-order valence-electron chi connectivity index (χ3n) is 2.33. The van der Waals surface area contributed by atoms with Gasteiger partial charge < -0.3 is 0 Å². The average Bonchev–Trinajstić information content (AvgIpc) is 2.05. The normalized spacial score (nSPS) is 10.0. The van der Waals surface area contributed by atoms with Crippen molar-refractivity contribution in [3.8, 4) is 0 Å². The number of hydrogen-bond acceptors (Lipinski definition) is 0. The molecule has 0 nitrogen and oxygen atoms in total. The molecule has 12 heavy (non-hydrogen) atoms. The summed E-state index contributed by atoms with van der Waals surface area (Å²) < 4.78 is 0. The second-order valence-electron chi connectivity index (χ2n) is 3.38.